The van der Waals surface area contributed by atoms with E-state index in [-0.39, 0.29) is 5.91 Å². The Bertz CT molecular complexity index is 357. The lowest BCUT2D eigenvalue weighted by atomic mass is 10.2. The first-order valence-corrected chi connectivity index (χ1v) is 4.68. The minimum absolute atomic E-state index is 0.100. The molecule has 1 rings (SSSR count). The number of hydrogen-bond donors (Lipinski definition) is 1. The maximum absolute atomic E-state index is 11.5. The highest BCUT2D eigenvalue weighted by molar-refractivity contribution is 5.94. The molecule has 0 bridgehead atoms. The lowest BCUT2D eigenvalue weighted by Crippen LogP contribution is -2.24. The molecule has 0 saturated heterocycles. The number of hydrogen-bond acceptors (Lipinski definition) is 2. The molecule has 0 fully saturated rings. The van der Waals surface area contributed by atoms with E-state index in [2.05, 4.69) is 15.3 Å². The molecular formula is C10H12N4O. The summed E-state index contributed by atoms with van der Waals surface area (Å²) in [6.45, 7) is 0.929. The Labute approximate surface area is 87.7 Å². The number of nitrogens with zero attached hydrogens (tertiary/aromatic N) is 3. The number of amides is 1. The Morgan fingerprint density at radius 2 is 2.13 bits per heavy atom. The lowest BCUT2D eigenvalue weighted by Gasteiger charge is -2.02. The molecule has 1 amide bonds. The zero-order chi connectivity index (χ0) is 10.9. The summed E-state index contributed by atoms with van der Waals surface area (Å²) in [6, 6.07) is 8.99. The zero-order valence-corrected chi connectivity index (χ0v) is 8.26. The first kappa shape index (κ1) is 11.1. The molecule has 0 aromatic heterocycles. The molecule has 5 heteroatoms. The van der Waals surface area contributed by atoms with Gasteiger partial charge in [0.15, 0.2) is 0 Å². The largest absolute Gasteiger partial charge is 0.352 e. The number of carbonyl (C=O) groups is 1. The summed E-state index contributed by atoms with van der Waals surface area (Å²) in [7, 11) is 0. The van der Waals surface area contributed by atoms with Crippen LogP contribution < -0.4 is 5.32 Å². The molecule has 1 aromatic carbocycles. The maximum atomic E-state index is 11.5. The van der Waals surface area contributed by atoms with Crippen LogP contribution in [0.3, 0.4) is 0 Å². The SMILES string of the molecule is [N-]=[N+]=NCCCNC(=O)c1ccccc1. The van der Waals surface area contributed by atoms with E-state index >= 15 is 0 Å². The van der Waals surface area contributed by atoms with Crippen LogP contribution in [0.4, 0.5) is 0 Å². The molecule has 1 N–H and O–H groups in total. The Morgan fingerprint density at radius 1 is 1.40 bits per heavy atom. The van der Waals surface area contributed by atoms with Crippen molar-refractivity contribution in [2.24, 2.45) is 5.11 Å². The normalized spacial score (nSPS) is 9.07. The summed E-state index contributed by atoms with van der Waals surface area (Å²) in [5.41, 5.74) is 8.66. The number of rotatable bonds is 5. The molecule has 0 aliphatic rings. The van der Waals surface area contributed by atoms with Crippen LogP contribution in [0.1, 0.15) is 16.8 Å². The summed E-state index contributed by atoms with van der Waals surface area (Å²) in [5, 5.41) is 6.11. The Balaban J connectivity index is 2.28. The predicted octanol–water partition coefficient (Wildman–Crippen LogP) is 2.12. The van der Waals surface area contributed by atoms with Gasteiger partial charge in [-0.05, 0) is 24.1 Å². The van der Waals surface area contributed by atoms with Gasteiger partial charge >= 0.3 is 0 Å². The topological polar surface area (TPSA) is 77.9 Å². The van der Waals surface area contributed by atoms with E-state index in [1.807, 2.05) is 18.2 Å². The Kier molecular flexibility index (Phi) is 4.77. The lowest BCUT2D eigenvalue weighted by molar-refractivity contribution is 0.0953. The molecule has 1 aromatic rings. The molecule has 0 saturated carbocycles. The zero-order valence-electron chi connectivity index (χ0n) is 8.26. The Morgan fingerprint density at radius 3 is 2.80 bits per heavy atom. The van der Waals surface area contributed by atoms with Crippen molar-refractivity contribution in [3.63, 3.8) is 0 Å². The van der Waals surface area contributed by atoms with Gasteiger partial charge in [0.2, 0.25) is 0 Å². The standard InChI is InChI=1S/C10H12N4O/c11-14-13-8-4-7-12-10(15)9-5-2-1-3-6-9/h1-3,5-6H,4,7-8H2,(H,12,15). The van der Waals surface area contributed by atoms with Crippen LogP contribution in [0.25, 0.3) is 10.4 Å². The number of nitrogens with one attached hydrogen (secondary N) is 1. The summed E-state index contributed by atoms with van der Waals surface area (Å²) in [5.74, 6) is -0.100. The van der Waals surface area contributed by atoms with Crippen molar-refractivity contribution >= 4 is 5.91 Å². The highest BCUT2D eigenvalue weighted by Crippen LogP contribution is 1.97. The summed E-state index contributed by atoms with van der Waals surface area (Å²) < 4.78 is 0. The molecule has 0 unspecified atom stereocenters. The quantitative estimate of drug-likeness (QED) is 0.339. The van der Waals surface area contributed by atoms with Crippen molar-refractivity contribution in [2.45, 2.75) is 6.42 Å². The third-order valence-electron chi connectivity index (χ3n) is 1.82. The van der Waals surface area contributed by atoms with Gasteiger partial charge in [-0.3, -0.25) is 4.79 Å². The van der Waals surface area contributed by atoms with Gasteiger partial charge < -0.3 is 5.32 Å². The van der Waals surface area contributed by atoms with E-state index in [4.69, 9.17) is 5.53 Å². The third kappa shape index (κ3) is 4.15. The minimum atomic E-state index is -0.100. The molecule has 0 spiro atoms. The molecule has 0 aliphatic heterocycles. The number of carbonyl (C=O) groups excluding carboxylic acids is 1. The van der Waals surface area contributed by atoms with Crippen molar-refractivity contribution in [2.75, 3.05) is 13.1 Å². The van der Waals surface area contributed by atoms with Crippen molar-refractivity contribution in [1.29, 1.82) is 0 Å². The predicted molar refractivity (Wildman–Crippen MR) is 57.4 cm³/mol. The van der Waals surface area contributed by atoms with Crippen LogP contribution in [-0.2, 0) is 0 Å². The fraction of sp³-hybridized carbons (Fsp3) is 0.300. The molecule has 0 atom stereocenters. The van der Waals surface area contributed by atoms with Gasteiger partial charge in [0.1, 0.15) is 0 Å². The number of azide groups is 1. The van der Waals surface area contributed by atoms with Crippen LogP contribution in [0.5, 0.6) is 0 Å². The highest BCUT2D eigenvalue weighted by Gasteiger charge is 2.01. The fourth-order valence-electron chi connectivity index (χ4n) is 1.09. The first-order chi connectivity index (χ1) is 7.34. The molecule has 5 nitrogen and oxygen atoms in total. The maximum Gasteiger partial charge on any atom is 0.251 e. The molecular weight excluding hydrogens is 192 g/mol. The molecule has 0 radical (unpaired) electrons. The van der Waals surface area contributed by atoms with Gasteiger partial charge in [0.05, 0.1) is 0 Å². The van der Waals surface area contributed by atoms with Crippen LogP contribution in [-0.4, -0.2) is 19.0 Å². The third-order valence-corrected chi connectivity index (χ3v) is 1.82. The van der Waals surface area contributed by atoms with Crippen molar-refractivity contribution < 1.29 is 4.79 Å². The second kappa shape index (κ2) is 6.45. The average Bonchev–Trinajstić information content (AvgIpc) is 2.30. The van der Waals surface area contributed by atoms with Crippen molar-refractivity contribution in [3.05, 3.63) is 46.3 Å². The monoisotopic (exact) mass is 204 g/mol. The smallest absolute Gasteiger partial charge is 0.251 e. The van der Waals surface area contributed by atoms with E-state index in [9.17, 15) is 4.79 Å². The molecule has 0 heterocycles. The fourth-order valence-corrected chi connectivity index (χ4v) is 1.09. The van der Waals surface area contributed by atoms with Crippen LogP contribution in [0.15, 0.2) is 35.4 Å². The van der Waals surface area contributed by atoms with Crippen LogP contribution in [0, 0.1) is 0 Å². The van der Waals surface area contributed by atoms with E-state index in [0.29, 0.717) is 25.1 Å². The van der Waals surface area contributed by atoms with E-state index in [1.165, 1.54) is 0 Å². The molecule has 15 heavy (non-hydrogen) atoms. The van der Waals surface area contributed by atoms with Crippen LogP contribution in [0.2, 0.25) is 0 Å². The van der Waals surface area contributed by atoms with Crippen molar-refractivity contribution in [1.82, 2.24) is 5.32 Å². The minimum Gasteiger partial charge on any atom is -0.352 e. The van der Waals surface area contributed by atoms with E-state index in [1.54, 1.807) is 12.1 Å². The van der Waals surface area contributed by atoms with Crippen LogP contribution >= 0.6 is 0 Å². The summed E-state index contributed by atoms with van der Waals surface area (Å²) in [4.78, 5) is 14.1. The molecule has 0 aliphatic carbocycles. The van der Waals surface area contributed by atoms with Gasteiger partial charge in [-0.15, -0.1) is 0 Å². The van der Waals surface area contributed by atoms with Crippen molar-refractivity contribution in [3.8, 4) is 0 Å². The van der Waals surface area contributed by atoms with E-state index in [0.717, 1.165) is 0 Å². The van der Waals surface area contributed by atoms with Gasteiger partial charge in [-0.1, -0.05) is 23.3 Å². The second-order valence-electron chi connectivity index (χ2n) is 2.93. The summed E-state index contributed by atoms with van der Waals surface area (Å²) in [6.07, 6.45) is 0.655. The van der Waals surface area contributed by atoms with Gasteiger partial charge in [-0.25, -0.2) is 0 Å². The van der Waals surface area contributed by atoms with Gasteiger partial charge in [0, 0.05) is 23.6 Å². The highest BCUT2D eigenvalue weighted by atomic mass is 16.1. The van der Waals surface area contributed by atoms with E-state index < -0.39 is 0 Å². The number of benzene rings is 1. The Hall–Kier alpha value is -2.00. The molecule has 78 valence electrons. The second-order valence-corrected chi connectivity index (χ2v) is 2.93. The van der Waals surface area contributed by atoms with Gasteiger partial charge in [0.25, 0.3) is 5.91 Å². The first-order valence-electron chi connectivity index (χ1n) is 4.68. The summed E-state index contributed by atoms with van der Waals surface area (Å²) >= 11 is 0. The average molecular weight is 204 g/mol. The van der Waals surface area contributed by atoms with Gasteiger partial charge in [-0.2, -0.15) is 0 Å².